The van der Waals surface area contributed by atoms with E-state index in [1.54, 1.807) is 0 Å². The molecule has 0 spiro atoms. The van der Waals surface area contributed by atoms with Gasteiger partial charge in [-0.1, -0.05) is 18.2 Å². The van der Waals surface area contributed by atoms with E-state index in [4.69, 9.17) is 0 Å². The molecule has 160 valence electrons. The maximum Gasteiger partial charge on any atom is 0.419 e. The maximum absolute atomic E-state index is 13.4. The van der Waals surface area contributed by atoms with Gasteiger partial charge in [0.1, 0.15) is 17.3 Å². The smallest absolute Gasteiger partial charge is 0.343 e. The van der Waals surface area contributed by atoms with Crippen LogP contribution in [0.25, 0.3) is 11.0 Å². The van der Waals surface area contributed by atoms with Gasteiger partial charge in [0.2, 0.25) is 0 Å². The summed E-state index contributed by atoms with van der Waals surface area (Å²) in [5.41, 5.74) is 0.768. The van der Waals surface area contributed by atoms with Crippen molar-refractivity contribution in [1.29, 1.82) is 0 Å². The van der Waals surface area contributed by atoms with Crippen LogP contribution in [0.4, 0.5) is 17.6 Å². The second-order valence-electron chi connectivity index (χ2n) is 7.00. The van der Waals surface area contributed by atoms with Gasteiger partial charge in [-0.15, -0.1) is 0 Å². The highest BCUT2D eigenvalue weighted by Crippen LogP contribution is 2.32. The summed E-state index contributed by atoms with van der Waals surface area (Å²) in [7, 11) is 1.85. The molecule has 0 unspecified atom stereocenters. The van der Waals surface area contributed by atoms with Gasteiger partial charge in [0.15, 0.2) is 0 Å². The number of nitrogens with zero attached hydrogens (tertiary/aromatic N) is 4. The zero-order valence-electron chi connectivity index (χ0n) is 16.3. The molecular formula is C21H17F4N5O. The number of amides is 1. The summed E-state index contributed by atoms with van der Waals surface area (Å²) in [6, 6.07) is 10.4. The van der Waals surface area contributed by atoms with Crippen molar-refractivity contribution in [2.75, 3.05) is 0 Å². The minimum absolute atomic E-state index is 0.00833. The molecule has 0 saturated heterocycles. The van der Waals surface area contributed by atoms with E-state index in [1.165, 1.54) is 23.2 Å². The first kappa shape index (κ1) is 20.6. The van der Waals surface area contributed by atoms with Crippen LogP contribution in [0.1, 0.15) is 27.4 Å². The molecule has 2 heterocycles. The van der Waals surface area contributed by atoms with Gasteiger partial charge in [0.25, 0.3) is 5.91 Å². The molecule has 2 aromatic carbocycles. The molecular weight excluding hydrogens is 414 g/mol. The Bertz CT molecular complexity index is 1260. The molecule has 0 aliphatic heterocycles. The van der Waals surface area contributed by atoms with Gasteiger partial charge in [-0.25, -0.2) is 14.4 Å². The van der Waals surface area contributed by atoms with Gasteiger partial charge < -0.3 is 14.5 Å². The van der Waals surface area contributed by atoms with Crippen LogP contribution in [-0.4, -0.2) is 25.0 Å². The molecule has 1 amide bonds. The van der Waals surface area contributed by atoms with Gasteiger partial charge in [-0.2, -0.15) is 13.2 Å². The van der Waals surface area contributed by atoms with E-state index in [1.807, 2.05) is 35.9 Å². The number of halogens is 4. The summed E-state index contributed by atoms with van der Waals surface area (Å²) >= 11 is 0. The number of fused-ring (bicyclic) bond motifs is 1. The fourth-order valence-electron chi connectivity index (χ4n) is 3.27. The number of carbonyl (C=O) groups excluding carboxylic acids is 1. The van der Waals surface area contributed by atoms with E-state index in [-0.39, 0.29) is 24.3 Å². The fourth-order valence-corrected chi connectivity index (χ4v) is 3.27. The number of para-hydroxylation sites is 2. The molecule has 1 N–H and O–H groups in total. The summed E-state index contributed by atoms with van der Waals surface area (Å²) < 4.78 is 55.4. The van der Waals surface area contributed by atoms with E-state index in [2.05, 4.69) is 15.3 Å². The fraction of sp³-hybridized carbons (Fsp3) is 0.190. The van der Waals surface area contributed by atoms with Crippen LogP contribution >= 0.6 is 0 Å². The molecule has 0 fully saturated rings. The maximum atomic E-state index is 13.4. The highest BCUT2D eigenvalue weighted by molar-refractivity contribution is 5.92. The van der Waals surface area contributed by atoms with Crippen LogP contribution < -0.4 is 5.32 Å². The monoisotopic (exact) mass is 431 g/mol. The Morgan fingerprint density at radius 3 is 2.68 bits per heavy atom. The molecule has 10 heteroatoms. The summed E-state index contributed by atoms with van der Waals surface area (Å²) in [4.78, 5) is 20.9. The van der Waals surface area contributed by atoms with Crippen LogP contribution in [0, 0.1) is 5.82 Å². The molecule has 4 rings (SSSR count). The number of alkyl halides is 3. The molecule has 2 aromatic heterocycles. The second kappa shape index (κ2) is 7.86. The van der Waals surface area contributed by atoms with Crippen LogP contribution in [-0.2, 0) is 26.3 Å². The third-order valence-electron chi connectivity index (χ3n) is 4.85. The number of aromatic nitrogens is 4. The molecule has 31 heavy (non-hydrogen) atoms. The van der Waals surface area contributed by atoms with Crippen LogP contribution in [0.5, 0.6) is 0 Å². The summed E-state index contributed by atoms with van der Waals surface area (Å²) in [5.74, 6) is -1.11. The largest absolute Gasteiger partial charge is 0.419 e. The lowest BCUT2D eigenvalue weighted by Gasteiger charge is -2.10. The predicted molar refractivity (Wildman–Crippen MR) is 105 cm³/mol. The van der Waals surface area contributed by atoms with Crippen molar-refractivity contribution in [1.82, 2.24) is 24.4 Å². The average Bonchev–Trinajstić information content (AvgIpc) is 3.32. The predicted octanol–water partition coefficient (Wildman–Crippen LogP) is 3.91. The molecule has 0 radical (unpaired) electrons. The first-order chi connectivity index (χ1) is 14.7. The number of aryl methyl sites for hydroxylation is 1. The first-order valence-corrected chi connectivity index (χ1v) is 9.28. The van der Waals surface area contributed by atoms with Crippen molar-refractivity contribution < 1.29 is 22.4 Å². The third kappa shape index (κ3) is 4.27. The number of rotatable bonds is 5. The highest BCUT2D eigenvalue weighted by Gasteiger charge is 2.34. The van der Waals surface area contributed by atoms with E-state index >= 15 is 0 Å². The molecule has 0 saturated carbocycles. The lowest BCUT2D eigenvalue weighted by Crippen LogP contribution is -2.24. The zero-order chi connectivity index (χ0) is 22.2. The van der Waals surface area contributed by atoms with E-state index in [0.29, 0.717) is 5.82 Å². The Labute approximate surface area is 174 Å². The van der Waals surface area contributed by atoms with E-state index in [0.717, 1.165) is 23.2 Å². The highest BCUT2D eigenvalue weighted by atomic mass is 19.4. The Balaban J connectivity index is 1.44. The van der Waals surface area contributed by atoms with Crippen LogP contribution in [0.3, 0.4) is 0 Å². The van der Waals surface area contributed by atoms with Crippen LogP contribution in [0.2, 0.25) is 0 Å². The van der Waals surface area contributed by atoms with Crippen molar-refractivity contribution in [2.24, 2.45) is 7.05 Å². The minimum atomic E-state index is -4.78. The summed E-state index contributed by atoms with van der Waals surface area (Å²) in [6.07, 6.45) is -2.03. The SMILES string of the molecule is Cn1c(CNC(=O)c2cn(Cc3ccc(F)c(C(F)(F)F)c3)cn2)nc2ccccc21. The Morgan fingerprint density at radius 2 is 1.94 bits per heavy atom. The quantitative estimate of drug-likeness (QED) is 0.488. The van der Waals surface area contributed by atoms with Gasteiger partial charge in [-0.05, 0) is 29.8 Å². The van der Waals surface area contributed by atoms with Crippen molar-refractivity contribution in [3.05, 3.63) is 83.5 Å². The Hall–Kier alpha value is -3.69. The lowest BCUT2D eigenvalue weighted by molar-refractivity contribution is -0.140. The molecule has 0 atom stereocenters. The lowest BCUT2D eigenvalue weighted by atomic mass is 10.1. The average molecular weight is 431 g/mol. The van der Waals surface area contributed by atoms with E-state index < -0.39 is 23.5 Å². The van der Waals surface area contributed by atoms with Crippen molar-refractivity contribution in [3.63, 3.8) is 0 Å². The first-order valence-electron chi connectivity index (χ1n) is 9.28. The summed E-state index contributed by atoms with van der Waals surface area (Å²) in [5, 5.41) is 2.73. The van der Waals surface area contributed by atoms with Gasteiger partial charge >= 0.3 is 6.18 Å². The van der Waals surface area contributed by atoms with Gasteiger partial charge in [0.05, 0.1) is 29.5 Å². The van der Waals surface area contributed by atoms with Crippen molar-refractivity contribution in [2.45, 2.75) is 19.3 Å². The molecule has 0 bridgehead atoms. The van der Waals surface area contributed by atoms with E-state index in [9.17, 15) is 22.4 Å². The summed E-state index contributed by atoms with van der Waals surface area (Å²) in [6.45, 7) is 0.193. The van der Waals surface area contributed by atoms with Gasteiger partial charge in [0, 0.05) is 19.8 Å². The number of imidazole rings is 2. The topological polar surface area (TPSA) is 64.7 Å². The molecule has 0 aliphatic carbocycles. The minimum Gasteiger partial charge on any atom is -0.343 e. The number of hydrogen-bond donors (Lipinski definition) is 1. The van der Waals surface area contributed by atoms with Gasteiger partial charge in [-0.3, -0.25) is 4.79 Å². The Kier molecular flexibility index (Phi) is 5.22. The third-order valence-corrected chi connectivity index (χ3v) is 4.85. The number of carbonyl (C=O) groups is 1. The number of nitrogens with one attached hydrogen (secondary N) is 1. The molecule has 0 aliphatic rings. The van der Waals surface area contributed by atoms with Crippen molar-refractivity contribution in [3.8, 4) is 0 Å². The zero-order valence-corrected chi connectivity index (χ0v) is 16.3. The van der Waals surface area contributed by atoms with Crippen LogP contribution in [0.15, 0.2) is 55.0 Å². The van der Waals surface area contributed by atoms with Crippen molar-refractivity contribution >= 4 is 16.9 Å². The normalized spacial score (nSPS) is 11.8. The molecule has 6 nitrogen and oxygen atoms in total. The second-order valence-corrected chi connectivity index (χ2v) is 7.00. The number of benzene rings is 2. The number of hydrogen-bond acceptors (Lipinski definition) is 3. The Morgan fingerprint density at radius 1 is 1.16 bits per heavy atom. The standard InChI is InChI=1S/C21H17F4N5O/c1-29-18-5-3-2-4-16(18)28-19(29)9-26-20(31)17-11-30(12-27-17)10-13-6-7-15(22)14(8-13)21(23,24)25/h2-8,11-12H,9-10H2,1H3,(H,26,31). The molecule has 4 aromatic rings.